The molecule has 0 saturated carbocycles. The third-order valence-electron chi connectivity index (χ3n) is 3.01. The van der Waals surface area contributed by atoms with E-state index in [-0.39, 0.29) is 0 Å². The standard InChI is InChI=1S/C15H19ClN4O/c1-4-5-18-14-13(17)15(20-8-19-14)21-11-6-9(2)12(16)10(3)7-11/h6-8H,4-5,17H2,1-3H3,(H,18,19,20). The number of aryl methyl sites for hydroxylation is 2. The van der Waals surface area contributed by atoms with Crippen LogP contribution in [0.2, 0.25) is 5.02 Å². The van der Waals surface area contributed by atoms with Crippen molar-refractivity contribution in [2.75, 3.05) is 17.6 Å². The molecule has 0 amide bonds. The molecule has 1 heterocycles. The summed E-state index contributed by atoms with van der Waals surface area (Å²) in [5, 5.41) is 3.88. The van der Waals surface area contributed by atoms with Crippen LogP contribution >= 0.6 is 11.6 Å². The molecule has 0 aliphatic carbocycles. The molecule has 21 heavy (non-hydrogen) atoms. The lowest BCUT2D eigenvalue weighted by molar-refractivity contribution is 0.464. The highest BCUT2D eigenvalue weighted by molar-refractivity contribution is 6.32. The van der Waals surface area contributed by atoms with E-state index in [0.717, 1.165) is 29.1 Å². The van der Waals surface area contributed by atoms with Gasteiger partial charge in [0, 0.05) is 11.6 Å². The second kappa shape index (κ2) is 6.63. The maximum Gasteiger partial charge on any atom is 0.248 e. The number of aromatic nitrogens is 2. The van der Waals surface area contributed by atoms with E-state index < -0.39 is 0 Å². The molecule has 0 unspecified atom stereocenters. The average Bonchev–Trinajstić information content (AvgIpc) is 2.45. The van der Waals surface area contributed by atoms with E-state index in [0.29, 0.717) is 23.1 Å². The van der Waals surface area contributed by atoms with Crippen LogP contribution in [-0.2, 0) is 0 Å². The highest BCUT2D eigenvalue weighted by atomic mass is 35.5. The first-order chi connectivity index (χ1) is 10.0. The number of benzene rings is 1. The maximum absolute atomic E-state index is 6.15. The smallest absolute Gasteiger partial charge is 0.248 e. The van der Waals surface area contributed by atoms with Gasteiger partial charge in [0.15, 0.2) is 5.82 Å². The molecule has 2 aromatic rings. The van der Waals surface area contributed by atoms with Crippen molar-refractivity contribution >= 4 is 23.1 Å². The number of nitrogens with zero attached hydrogens (tertiary/aromatic N) is 2. The summed E-state index contributed by atoms with van der Waals surface area (Å²) >= 11 is 6.15. The molecule has 6 heteroatoms. The number of anilines is 2. The van der Waals surface area contributed by atoms with Crippen molar-refractivity contribution in [3.8, 4) is 11.6 Å². The molecule has 5 nitrogen and oxygen atoms in total. The molecule has 0 spiro atoms. The van der Waals surface area contributed by atoms with E-state index in [1.165, 1.54) is 6.33 Å². The minimum Gasteiger partial charge on any atom is -0.437 e. The number of rotatable bonds is 5. The molecule has 0 saturated heterocycles. The van der Waals surface area contributed by atoms with Crippen molar-refractivity contribution < 1.29 is 4.74 Å². The van der Waals surface area contributed by atoms with Crippen LogP contribution in [0.4, 0.5) is 11.5 Å². The van der Waals surface area contributed by atoms with Crippen molar-refractivity contribution in [3.63, 3.8) is 0 Å². The molecule has 2 rings (SSSR count). The predicted octanol–water partition coefficient (Wildman–Crippen LogP) is 3.94. The quantitative estimate of drug-likeness (QED) is 0.875. The summed E-state index contributed by atoms with van der Waals surface area (Å²) in [6, 6.07) is 3.71. The van der Waals surface area contributed by atoms with Gasteiger partial charge in [-0.05, 0) is 43.5 Å². The fourth-order valence-electron chi connectivity index (χ4n) is 1.92. The van der Waals surface area contributed by atoms with Gasteiger partial charge in [-0.1, -0.05) is 18.5 Å². The molecule has 1 aromatic heterocycles. The largest absolute Gasteiger partial charge is 0.437 e. The van der Waals surface area contributed by atoms with Gasteiger partial charge in [-0.3, -0.25) is 0 Å². The highest BCUT2D eigenvalue weighted by Crippen LogP contribution is 2.32. The Labute approximate surface area is 129 Å². The van der Waals surface area contributed by atoms with Gasteiger partial charge in [0.25, 0.3) is 0 Å². The Hall–Kier alpha value is -2.01. The third kappa shape index (κ3) is 3.55. The van der Waals surface area contributed by atoms with Gasteiger partial charge in [-0.25, -0.2) is 4.98 Å². The van der Waals surface area contributed by atoms with Gasteiger partial charge < -0.3 is 15.8 Å². The number of nitrogens with two attached hydrogens (primary N) is 1. The van der Waals surface area contributed by atoms with Crippen molar-refractivity contribution in [2.45, 2.75) is 27.2 Å². The van der Waals surface area contributed by atoms with Gasteiger partial charge in [0.05, 0.1) is 0 Å². The van der Waals surface area contributed by atoms with Crippen LogP contribution in [0.25, 0.3) is 0 Å². The van der Waals surface area contributed by atoms with Crippen molar-refractivity contribution in [2.24, 2.45) is 0 Å². The van der Waals surface area contributed by atoms with Crippen LogP contribution in [0.15, 0.2) is 18.5 Å². The van der Waals surface area contributed by atoms with E-state index >= 15 is 0 Å². The molecule has 0 bridgehead atoms. The van der Waals surface area contributed by atoms with E-state index in [1.807, 2.05) is 26.0 Å². The number of nitrogen functional groups attached to an aromatic ring is 1. The summed E-state index contributed by atoms with van der Waals surface area (Å²) in [6.07, 6.45) is 2.41. The van der Waals surface area contributed by atoms with Crippen molar-refractivity contribution in [1.82, 2.24) is 9.97 Å². The molecule has 0 aliphatic heterocycles. The molecule has 112 valence electrons. The Morgan fingerprint density at radius 3 is 2.52 bits per heavy atom. The van der Waals surface area contributed by atoms with E-state index in [2.05, 4.69) is 22.2 Å². The molecule has 0 atom stereocenters. The molecule has 3 N–H and O–H groups in total. The average molecular weight is 307 g/mol. The number of ether oxygens (including phenoxy) is 1. The number of halogens is 1. The van der Waals surface area contributed by atoms with Crippen LogP contribution in [0.5, 0.6) is 11.6 Å². The normalized spacial score (nSPS) is 10.5. The van der Waals surface area contributed by atoms with Gasteiger partial charge in [-0.15, -0.1) is 0 Å². The lowest BCUT2D eigenvalue weighted by Gasteiger charge is -2.12. The van der Waals surface area contributed by atoms with Crippen LogP contribution in [0.1, 0.15) is 24.5 Å². The highest BCUT2D eigenvalue weighted by Gasteiger charge is 2.11. The van der Waals surface area contributed by atoms with Gasteiger partial charge in [-0.2, -0.15) is 4.98 Å². The summed E-state index contributed by atoms with van der Waals surface area (Å²) in [4.78, 5) is 8.21. The summed E-state index contributed by atoms with van der Waals surface area (Å²) in [5.74, 6) is 1.58. The van der Waals surface area contributed by atoms with E-state index in [9.17, 15) is 0 Å². The zero-order chi connectivity index (χ0) is 15.4. The number of hydrogen-bond acceptors (Lipinski definition) is 5. The SMILES string of the molecule is CCCNc1ncnc(Oc2cc(C)c(Cl)c(C)c2)c1N. The van der Waals surface area contributed by atoms with Gasteiger partial charge >= 0.3 is 0 Å². The first-order valence-corrected chi connectivity index (χ1v) is 7.19. The monoisotopic (exact) mass is 306 g/mol. The van der Waals surface area contributed by atoms with E-state index in [4.69, 9.17) is 22.1 Å². The van der Waals surface area contributed by atoms with Gasteiger partial charge in [0.1, 0.15) is 17.8 Å². The second-order valence-electron chi connectivity index (χ2n) is 4.84. The summed E-state index contributed by atoms with van der Waals surface area (Å²) in [7, 11) is 0. The Kier molecular flexibility index (Phi) is 4.85. The first kappa shape index (κ1) is 15.4. The fourth-order valence-corrected chi connectivity index (χ4v) is 2.03. The van der Waals surface area contributed by atoms with Crippen LogP contribution in [0, 0.1) is 13.8 Å². The predicted molar refractivity (Wildman–Crippen MR) is 86.2 cm³/mol. The van der Waals surface area contributed by atoms with Crippen molar-refractivity contribution in [1.29, 1.82) is 0 Å². The number of nitrogens with one attached hydrogen (secondary N) is 1. The summed E-state index contributed by atoms with van der Waals surface area (Å²) < 4.78 is 5.77. The van der Waals surface area contributed by atoms with E-state index in [1.54, 1.807) is 0 Å². The molecule has 1 aromatic carbocycles. The Morgan fingerprint density at radius 2 is 1.90 bits per heavy atom. The zero-order valence-corrected chi connectivity index (χ0v) is 13.2. The summed E-state index contributed by atoms with van der Waals surface area (Å²) in [6.45, 7) is 6.72. The number of hydrogen-bond donors (Lipinski definition) is 2. The topological polar surface area (TPSA) is 73.1 Å². The minimum absolute atomic E-state index is 0.338. The Morgan fingerprint density at radius 1 is 1.24 bits per heavy atom. The zero-order valence-electron chi connectivity index (χ0n) is 12.4. The Bertz CT molecular complexity index is 623. The molecular weight excluding hydrogens is 288 g/mol. The van der Waals surface area contributed by atoms with Crippen molar-refractivity contribution in [3.05, 3.63) is 34.6 Å². The molecular formula is C15H19ClN4O. The lowest BCUT2D eigenvalue weighted by atomic mass is 10.1. The summed E-state index contributed by atoms with van der Waals surface area (Å²) in [5.41, 5.74) is 8.33. The fraction of sp³-hybridized carbons (Fsp3) is 0.333. The lowest BCUT2D eigenvalue weighted by Crippen LogP contribution is -2.07. The van der Waals surface area contributed by atoms with Crippen LogP contribution in [-0.4, -0.2) is 16.5 Å². The Balaban J connectivity index is 2.27. The molecule has 0 fully saturated rings. The second-order valence-corrected chi connectivity index (χ2v) is 5.22. The molecule has 0 aliphatic rings. The molecule has 0 radical (unpaired) electrons. The first-order valence-electron chi connectivity index (χ1n) is 6.81. The minimum atomic E-state index is 0.338. The third-order valence-corrected chi connectivity index (χ3v) is 3.61. The van der Waals surface area contributed by atoms with Gasteiger partial charge in [0.2, 0.25) is 5.88 Å². The van der Waals surface area contributed by atoms with Crippen LogP contribution in [0.3, 0.4) is 0 Å². The van der Waals surface area contributed by atoms with Crippen LogP contribution < -0.4 is 15.8 Å². The maximum atomic E-state index is 6.15.